The quantitative estimate of drug-likeness (QED) is 0.811. The third-order valence-electron chi connectivity index (χ3n) is 4.26. The fraction of sp³-hybridized carbons (Fsp3) is 0.533. The summed E-state index contributed by atoms with van der Waals surface area (Å²) in [5, 5.41) is 3.29. The van der Waals surface area contributed by atoms with Crippen molar-refractivity contribution in [3.63, 3.8) is 0 Å². The van der Waals surface area contributed by atoms with Gasteiger partial charge in [-0.3, -0.25) is 4.79 Å². The van der Waals surface area contributed by atoms with E-state index in [-0.39, 0.29) is 18.0 Å². The zero-order chi connectivity index (χ0) is 15.7. The standard InChI is InChI=1S/C15H21N3O3S/c1-22(20,21)17-13-6-7-18(10-13)15(19)14-8-11-4-2-3-5-12(11)9-16-14/h2-5,13-14,16-17H,6-10H2,1H3. The van der Waals surface area contributed by atoms with Crippen molar-refractivity contribution in [3.05, 3.63) is 35.4 Å². The van der Waals surface area contributed by atoms with Gasteiger partial charge in [0.15, 0.2) is 0 Å². The first-order valence-corrected chi connectivity index (χ1v) is 9.38. The Morgan fingerprint density at radius 2 is 2.05 bits per heavy atom. The van der Waals surface area contributed by atoms with Gasteiger partial charge in [0, 0.05) is 25.7 Å². The molecule has 7 heteroatoms. The number of fused-ring (bicyclic) bond motifs is 1. The molecule has 1 fully saturated rings. The van der Waals surface area contributed by atoms with Crippen LogP contribution in [0.4, 0.5) is 0 Å². The lowest BCUT2D eigenvalue weighted by Crippen LogP contribution is -2.49. The topological polar surface area (TPSA) is 78.5 Å². The number of carbonyl (C=O) groups is 1. The fourth-order valence-corrected chi connectivity index (χ4v) is 4.01. The van der Waals surface area contributed by atoms with Gasteiger partial charge in [-0.2, -0.15) is 0 Å². The summed E-state index contributed by atoms with van der Waals surface area (Å²) in [6.45, 7) is 1.75. The Balaban J connectivity index is 1.62. The van der Waals surface area contributed by atoms with Gasteiger partial charge in [0.25, 0.3) is 0 Å². The van der Waals surface area contributed by atoms with E-state index >= 15 is 0 Å². The van der Waals surface area contributed by atoms with Crippen LogP contribution in [0.5, 0.6) is 0 Å². The minimum Gasteiger partial charge on any atom is -0.340 e. The van der Waals surface area contributed by atoms with Gasteiger partial charge in [-0.15, -0.1) is 0 Å². The fourth-order valence-electron chi connectivity index (χ4n) is 3.21. The van der Waals surface area contributed by atoms with Crippen molar-refractivity contribution in [1.82, 2.24) is 14.9 Å². The Bertz CT molecular complexity index is 674. The van der Waals surface area contributed by atoms with Gasteiger partial charge in [0.1, 0.15) is 0 Å². The molecule has 2 heterocycles. The molecule has 2 aliphatic rings. The summed E-state index contributed by atoms with van der Waals surface area (Å²) in [5.74, 6) is 0.0623. The molecular weight excluding hydrogens is 302 g/mol. The molecule has 2 unspecified atom stereocenters. The van der Waals surface area contributed by atoms with Gasteiger partial charge in [0.2, 0.25) is 15.9 Å². The van der Waals surface area contributed by atoms with Crippen molar-refractivity contribution < 1.29 is 13.2 Å². The lowest BCUT2D eigenvalue weighted by Gasteiger charge is -2.29. The normalized spacial score (nSPS) is 25.0. The predicted molar refractivity (Wildman–Crippen MR) is 83.7 cm³/mol. The molecule has 2 N–H and O–H groups in total. The van der Waals surface area contributed by atoms with E-state index in [0.29, 0.717) is 32.5 Å². The van der Waals surface area contributed by atoms with Crippen LogP contribution in [-0.4, -0.2) is 50.7 Å². The van der Waals surface area contributed by atoms with Crippen LogP contribution in [-0.2, 0) is 27.8 Å². The maximum atomic E-state index is 12.6. The predicted octanol–water partition coefficient (Wildman–Crippen LogP) is -0.149. The van der Waals surface area contributed by atoms with Crippen LogP contribution in [0.2, 0.25) is 0 Å². The van der Waals surface area contributed by atoms with Crippen molar-refractivity contribution in [3.8, 4) is 0 Å². The average molecular weight is 323 g/mol. The van der Waals surface area contributed by atoms with Gasteiger partial charge in [-0.1, -0.05) is 24.3 Å². The smallest absolute Gasteiger partial charge is 0.240 e. The largest absolute Gasteiger partial charge is 0.340 e. The van der Waals surface area contributed by atoms with Crippen LogP contribution < -0.4 is 10.0 Å². The summed E-state index contributed by atoms with van der Waals surface area (Å²) in [4.78, 5) is 14.4. The molecule has 0 radical (unpaired) electrons. The Morgan fingerprint density at radius 3 is 2.77 bits per heavy atom. The van der Waals surface area contributed by atoms with E-state index in [1.807, 2.05) is 12.1 Å². The van der Waals surface area contributed by atoms with Crippen LogP contribution in [0, 0.1) is 0 Å². The van der Waals surface area contributed by atoms with Gasteiger partial charge in [-0.25, -0.2) is 13.1 Å². The van der Waals surface area contributed by atoms with Crippen LogP contribution in [0.15, 0.2) is 24.3 Å². The van der Waals surface area contributed by atoms with Crippen molar-refractivity contribution in [2.45, 2.75) is 31.5 Å². The first-order chi connectivity index (χ1) is 10.4. The number of carbonyl (C=O) groups excluding carboxylic acids is 1. The minimum absolute atomic E-state index is 0.0623. The van der Waals surface area contributed by atoms with E-state index in [4.69, 9.17) is 0 Å². The molecular formula is C15H21N3O3S. The first-order valence-electron chi connectivity index (χ1n) is 7.48. The minimum atomic E-state index is -3.23. The molecule has 1 aromatic carbocycles. The number of likely N-dealkylation sites (tertiary alicyclic amines) is 1. The summed E-state index contributed by atoms with van der Waals surface area (Å²) in [6.07, 6.45) is 2.51. The second-order valence-electron chi connectivity index (χ2n) is 6.07. The molecule has 6 nitrogen and oxygen atoms in total. The van der Waals surface area contributed by atoms with E-state index in [2.05, 4.69) is 22.2 Å². The second-order valence-corrected chi connectivity index (χ2v) is 7.85. The molecule has 22 heavy (non-hydrogen) atoms. The molecule has 1 saturated heterocycles. The van der Waals surface area contributed by atoms with E-state index < -0.39 is 10.0 Å². The number of nitrogens with zero attached hydrogens (tertiary/aromatic N) is 1. The van der Waals surface area contributed by atoms with Crippen molar-refractivity contribution >= 4 is 15.9 Å². The van der Waals surface area contributed by atoms with E-state index in [1.165, 1.54) is 11.1 Å². The lowest BCUT2D eigenvalue weighted by molar-refractivity contribution is -0.132. The number of sulfonamides is 1. The molecule has 0 aliphatic carbocycles. The monoisotopic (exact) mass is 323 g/mol. The van der Waals surface area contributed by atoms with Gasteiger partial charge >= 0.3 is 0 Å². The third-order valence-corrected chi connectivity index (χ3v) is 5.02. The van der Waals surface area contributed by atoms with E-state index in [0.717, 1.165) is 6.26 Å². The molecule has 0 bridgehead atoms. The maximum absolute atomic E-state index is 12.6. The molecule has 0 spiro atoms. The summed E-state index contributed by atoms with van der Waals surface area (Å²) >= 11 is 0. The molecule has 1 aromatic rings. The Labute approximate surface area is 130 Å². The molecule has 0 saturated carbocycles. The zero-order valence-electron chi connectivity index (χ0n) is 12.6. The summed E-state index contributed by atoms with van der Waals surface area (Å²) < 4.78 is 25.1. The molecule has 1 amide bonds. The highest BCUT2D eigenvalue weighted by Crippen LogP contribution is 2.19. The average Bonchev–Trinajstić information content (AvgIpc) is 2.92. The lowest BCUT2D eigenvalue weighted by atomic mass is 9.95. The summed E-state index contributed by atoms with van der Waals surface area (Å²) in [6, 6.07) is 7.75. The highest BCUT2D eigenvalue weighted by molar-refractivity contribution is 7.88. The Morgan fingerprint density at radius 1 is 1.32 bits per heavy atom. The van der Waals surface area contributed by atoms with Gasteiger partial charge in [-0.05, 0) is 24.0 Å². The molecule has 2 atom stereocenters. The van der Waals surface area contributed by atoms with E-state index in [9.17, 15) is 13.2 Å². The van der Waals surface area contributed by atoms with Crippen molar-refractivity contribution in [2.24, 2.45) is 0 Å². The summed E-state index contributed by atoms with van der Waals surface area (Å²) in [5.41, 5.74) is 2.45. The molecule has 2 aliphatic heterocycles. The van der Waals surface area contributed by atoms with Crippen molar-refractivity contribution in [1.29, 1.82) is 0 Å². The van der Waals surface area contributed by atoms with Crippen molar-refractivity contribution in [2.75, 3.05) is 19.3 Å². The highest BCUT2D eigenvalue weighted by Gasteiger charge is 2.33. The second kappa shape index (κ2) is 5.98. The number of rotatable bonds is 3. The molecule has 0 aromatic heterocycles. The van der Waals surface area contributed by atoms with E-state index in [1.54, 1.807) is 4.90 Å². The number of hydrogen-bond acceptors (Lipinski definition) is 4. The zero-order valence-corrected chi connectivity index (χ0v) is 13.4. The number of hydrogen-bond donors (Lipinski definition) is 2. The molecule has 3 rings (SSSR count). The Hall–Kier alpha value is -1.44. The van der Waals surface area contributed by atoms with Gasteiger partial charge in [0.05, 0.1) is 12.3 Å². The third kappa shape index (κ3) is 3.48. The highest BCUT2D eigenvalue weighted by atomic mass is 32.2. The number of benzene rings is 1. The summed E-state index contributed by atoms with van der Waals surface area (Å²) in [7, 11) is -3.23. The van der Waals surface area contributed by atoms with Crippen LogP contribution >= 0.6 is 0 Å². The van der Waals surface area contributed by atoms with Crippen LogP contribution in [0.3, 0.4) is 0 Å². The number of nitrogens with one attached hydrogen (secondary N) is 2. The molecule has 120 valence electrons. The van der Waals surface area contributed by atoms with Crippen LogP contribution in [0.1, 0.15) is 17.5 Å². The Kier molecular flexibility index (Phi) is 4.20. The maximum Gasteiger partial charge on any atom is 0.240 e. The van der Waals surface area contributed by atoms with Gasteiger partial charge < -0.3 is 10.2 Å². The number of amides is 1. The van der Waals surface area contributed by atoms with Crippen LogP contribution in [0.25, 0.3) is 0 Å². The first kappa shape index (κ1) is 15.5. The SMILES string of the molecule is CS(=O)(=O)NC1CCN(C(=O)C2Cc3ccccc3CN2)C1.